The van der Waals surface area contributed by atoms with E-state index < -0.39 is 41.0 Å². The van der Waals surface area contributed by atoms with Gasteiger partial charge in [0.1, 0.15) is 5.75 Å². The monoisotopic (exact) mass is 452 g/mol. The molecule has 4 aliphatic rings. The first-order chi connectivity index (χ1) is 16.5. The fourth-order valence-corrected chi connectivity index (χ4v) is 6.33. The van der Waals surface area contributed by atoms with Gasteiger partial charge in [0, 0.05) is 5.92 Å². The SMILES string of the molecule is CCCOc1ccccc1N1C(=O)[C@@H]2C3c4ccccc4C(C(=O)[O-])(c4ccccc43)[C@@H]2C1=O. The number of amides is 2. The number of nitrogens with zero attached hydrogens (tertiary/aromatic N) is 1. The highest BCUT2D eigenvalue weighted by Crippen LogP contribution is 2.64. The molecule has 6 nitrogen and oxygen atoms in total. The van der Waals surface area contributed by atoms with Crippen LogP contribution in [0.25, 0.3) is 0 Å². The van der Waals surface area contributed by atoms with Gasteiger partial charge < -0.3 is 14.6 Å². The predicted molar refractivity (Wildman–Crippen MR) is 122 cm³/mol. The van der Waals surface area contributed by atoms with Gasteiger partial charge in [-0.1, -0.05) is 67.6 Å². The molecule has 0 unspecified atom stereocenters. The van der Waals surface area contributed by atoms with E-state index in [-0.39, 0.29) is 0 Å². The lowest BCUT2D eigenvalue weighted by Crippen LogP contribution is -2.61. The van der Waals surface area contributed by atoms with Crippen LogP contribution in [-0.4, -0.2) is 24.4 Å². The molecule has 3 aromatic carbocycles. The standard InChI is InChI=1S/C28H23NO5/c1-2-15-34-21-14-8-7-13-20(21)29-25(30)23-22-16-9-3-5-11-18(16)28(27(32)33,24(23)26(29)31)19-12-6-4-10-17(19)22/h3-14,22-24H,2,15H2,1H3,(H,32,33)/p-1/t22?,23-,24+,28?/m1/s1. The van der Waals surface area contributed by atoms with Crippen LogP contribution in [0.3, 0.4) is 0 Å². The molecule has 1 heterocycles. The summed E-state index contributed by atoms with van der Waals surface area (Å²) in [5.41, 5.74) is 1.22. The highest BCUT2D eigenvalue weighted by molar-refractivity contribution is 6.25. The number of carbonyl (C=O) groups excluding carboxylic acids is 3. The summed E-state index contributed by atoms with van der Waals surface area (Å²) >= 11 is 0. The number of anilines is 1. The van der Waals surface area contributed by atoms with Crippen molar-refractivity contribution in [1.29, 1.82) is 0 Å². The van der Waals surface area contributed by atoms with E-state index in [0.717, 1.165) is 22.4 Å². The molecule has 2 bridgehead atoms. The van der Waals surface area contributed by atoms with Crippen LogP contribution in [0.4, 0.5) is 5.69 Å². The molecule has 3 aromatic rings. The normalized spacial score (nSPS) is 26.1. The summed E-state index contributed by atoms with van der Waals surface area (Å²) in [4.78, 5) is 42.3. The number of para-hydroxylation sites is 2. The smallest absolute Gasteiger partial charge is 0.239 e. The molecule has 1 saturated heterocycles. The van der Waals surface area contributed by atoms with E-state index in [1.807, 2.05) is 31.2 Å². The maximum atomic E-state index is 14.1. The molecule has 7 rings (SSSR count). The summed E-state index contributed by atoms with van der Waals surface area (Å²) < 4.78 is 5.84. The zero-order valence-corrected chi connectivity index (χ0v) is 18.6. The Morgan fingerprint density at radius 2 is 1.50 bits per heavy atom. The highest BCUT2D eigenvalue weighted by atomic mass is 16.5. The van der Waals surface area contributed by atoms with E-state index in [2.05, 4.69) is 0 Å². The lowest BCUT2D eigenvalue weighted by atomic mass is 9.47. The Labute approximate surface area is 196 Å². The third-order valence-corrected chi connectivity index (χ3v) is 7.51. The molecule has 0 saturated carbocycles. The predicted octanol–water partition coefficient (Wildman–Crippen LogP) is 2.78. The lowest BCUT2D eigenvalue weighted by molar-refractivity contribution is -0.314. The minimum absolute atomic E-state index is 0.348. The maximum absolute atomic E-state index is 14.1. The molecule has 2 atom stereocenters. The number of aliphatic carboxylic acids is 1. The van der Waals surface area contributed by atoms with Crippen molar-refractivity contribution in [2.24, 2.45) is 11.8 Å². The van der Waals surface area contributed by atoms with Crippen LogP contribution in [0.5, 0.6) is 5.75 Å². The Morgan fingerprint density at radius 3 is 2.12 bits per heavy atom. The van der Waals surface area contributed by atoms with Crippen molar-refractivity contribution in [3.63, 3.8) is 0 Å². The zero-order chi connectivity index (χ0) is 23.6. The first kappa shape index (κ1) is 20.7. The molecule has 0 N–H and O–H groups in total. The van der Waals surface area contributed by atoms with Crippen LogP contribution in [0, 0.1) is 11.8 Å². The second-order valence-electron chi connectivity index (χ2n) is 9.08. The molecule has 0 spiro atoms. The van der Waals surface area contributed by atoms with Gasteiger partial charge in [-0.2, -0.15) is 0 Å². The number of ether oxygens (including phenoxy) is 1. The van der Waals surface area contributed by atoms with Crippen molar-refractivity contribution in [3.05, 3.63) is 95.1 Å². The largest absolute Gasteiger partial charge is 0.549 e. The molecule has 0 radical (unpaired) electrons. The topological polar surface area (TPSA) is 86.7 Å². The van der Waals surface area contributed by atoms with Gasteiger partial charge in [0.05, 0.1) is 35.5 Å². The average molecular weight is 452 g/mol. The number of carbonyl (C=O) groups is 3. The summed E-state index contributed by atoms with van der Waals surface area (Å²) in [5, 5.41) is 13.1. The van der Waals surface area contributed by atoms with Crippen LogP contribution in [0.1, 0.15) is 41.5 Å². The third-order valence-electron chi connectivity index (χ3n) is 7.51. The summed E-state index contributed by atoms with van der Waals surface area (Å²) in [5.74, 6) is -4.21. The van der Waals surface area contributed by atoms with E-state index in [9.17, 15) is 19.5 Å². The van der Waals surface area contributed by atoms with E-state index in [1.165, 1.54) is 0 Å². The summed E-state index contributed by atoms with van der Waals surface area (Å²) in [6, 6.07) is 21.4. The second kappa shape index (κ2) is 7.29. The maximum Gasteiger partial charge on any atom is 0.239 e. The van der Waals surface area contributed by atoms with Crippen molar-refractivity contribution in [2.75, 3.05) is 11.5 Å². The second-order valence-corrected chi connectivity index (χ2v) is 9.08. The van der Waals surface area contributed by atoms with Crippen LogP contribution in [0.15, 0.2) is 72.8 Å². The van der Waals surface area contributed by atoms with Crippen molar-refractivity contribution in [3.8, 4) is 5.75 Å². The van der Waals surface area contributed by atoms with Gasteiger partial charge in [-0.05, 0) is 40.8 Å². The van der Waals surface area contributed by atoms with E-state index in [0.29, 0.717) is 29.2 Å². The molecule has 34 heavy (non-hydrogen) atoms. The van der Waals surface area contributed by atoms with Gasteiger partial charge in [0.2, 0.25) is 11.8 Å². The first-order valence-electron chi connectivity index (χ1n) is 11.5. The van der Waals surface area contributed by atoms with Gasteiger partial charge >= 0.3 is 0 Å². The Bertz CT molecular complexity index is 1310. The minimum Gasteiger partial charge on any atom is -0.549 e. The van der Waals surface area contributed by atoms with Crippen molar-refractivity contribution in [1.82, 2.24) is 0 Å². The fourth-order valence-electron chi connectivity index (χ4n) is 6.33. The van der Waals surface area contributed by atoms with Gasteiger partial charge in [0.25, 0.3) is 0 Å². The van der Waals surface area contributed by atoms with Crippen molar-refractivity contribution in [2.45, 2.75) is 24.7 Å². The third kappa shape index (κ3) is 2.37. The number of imide groups is 1. The molecule has 1 aliphatic heterocycles. The molecule has 170 valence electrons. The van der Waals surface area contributed by atoms with Gasteiger partial charge in [0.15, 0.2) is 0 Å². The summed E-state index contributed by atoms with van der Waals surface area (Å²) in [7, 11) is 0. The molecule has 0 aromatic heterocycles. The number of carboxylic acids is 1. The van der Waals surface area contributed by atoms with Crippen molar-refractivity contribution >= 4 is 23.5 Å². The number of carboxylic acid groups (broad SMARTS) is 1. The number of hydrogen-bond donors (Lipinski definition) is 0. The number of rotatable bonds is 5. The van der Waals surface area contributed by atoms with Crippen molar-refractivity contribution < 1.29 is 24.2 Å². The molecule has 2 amide bonds. The quantitative estimate of drug-likeness (QED) is 0.556. The van der Waals surface area contributed by atoms with Gasteiger partial charge in [-0.25, -0.2) is 4.90 Å². The first-order valence-corrected chi connectivity index (χ1v) is 11.5. The number of benzene rings is 3. The molecule has 3 aliphatic carbocycles. The minimum atomic E-state index is -1.74. The van der Waals surface area contributed by atoms with E-state index >= 15 is 0 Å². The molecule has 1 fully saturated rings. The Balaban J connectivity index is 1.61. The molecular formula is C28H22NO5-. The molecular weight excluding hydrogens is 430 g/mol. The van der Waals surface area contributed by atoms with Gasteiger partial charge in [-0.3, -0.25) is 9.59 Å². The Morgan fingerprint density at radius 1 is 0.912 bits per heavy atom. The molecule has 6 heteroatoms. The van der Waals surface area contributed by atoms with E-state index in [1.54, 1.807) is 48.5 Å². The summed E-state index contributed by atoms with van der Waals surface area (Å²) in [6.07, 6.45) is 0.766. The lowest BCUT2D eigenvalue weighted by Gasteiger charge is -2.54. The average Bonchev–Trinajstić information content (AvgIpc) is 3.13. The Hall–Kier alpha value is -3.93. The van der Waals surface area contributed by atoms with Crippen LogP contribution in [-0.2, 0) is 19.8 Å². The van der Waals surface area contributed by atoms with Gasteiger partial charge in [-0.15, -0.1) is 0 Å². The number of hydrogen-bond acceptors (Lipinski definition) is 5. The van der Waals surface area contributed by atoms with E-state index in [4.69, 9.17) is 4.74 Å². The van der Waals surface area contributed by atoms with Crippen LogP contribution < -0.4 is 14.7 Å². The fraction of sp³-hybridized carbons (Fsp3) is 0.250. The van der Waals surface area contributed by atoms with Crippen LogP contribution >= 0.6 is 0 Å². The highest BCUT2D eigenvalue weighted by Gasteiger charge is 2.69. The summed E-state index contributed by atoms with van der Waals surface area (Å²) in [6.45, 7) is 2.40. The van der Waals surface area contributed by atoms with Crippen LogP contribution in [0.2, 0.25) is 0 Å². The zero-order valence-electron chi connectivity index (χ0n) is 18.6. The Kier molecular flexibility index (Phi) is 4.43.